The lowest BCUT2D eigenvalue weighted by Crippen LogP contribution is -2.39. The molecule has 0 N–H and O–H groups in total. The predicted molar refractivity (Wildman–Crippen MR) is 102 cm³/mol. The molecule has 0 aliphatic carbocycles. The number of benzene rings is 2. The van der Waals surface area contributed by atoms with Crippen molar-refractivity contribution >= 4 is 5.91 Å². The first-order valence-corrected chi connectivity index (χ1v) is 9.12. The molecule has 1 atom stereocenters. The highest BCUT2D eigenvalue weighted by atomic mass is 19.1. The molecule has 2 heterocycles. The van der Waals surface area contributed by atoms with Gasteiger partial charge >= 0.3 is 0 Å². The normalized spacial score (nSPS) is 16.9. The predicted octanol–water partition coefficient (Wildman–Crippen LogP) is 4.30. The second kappa shape index (κ2) is 7.66. The van der Waals surface area contributed by atoms with E-state index < -0.39 is 0 Å². The van der Waals surface area contributed by atoms with Gasteiger partial charge in [-0.25, -0.2) is 14.4 Å². The molecule has 136 valence electrons. The molecule has 1 aliphatic rings. The molecule has 0 bridgehead atoms. The maximum Gasteiger partial charge on any atom is 0.254 e. The number of hydrogen-bond acceptors (Lipinski definition) is 3. The van der Waals surface area contributed by atoms with Gasteiger partial charge in [0.25, 0.3) is 5.91 Å². The molecule has 0 spiro atoms. The van der Waals surface area contributed by atoms with Crippen LogP contribution in [0.3, 0.4) is 0 Å². The van der Waals surface area contributed by atoms with Crippen molar-refractivity contribution in [3.63, 3.8) is 0 Å². The molecule has 5 heteroatoms. The van der Waals surface area contributed by atoms with Crippen molar-refractivity contribution in [3.8, 4) is 11.1 Å². The number of carbonyl (C=O) groups excluding carboxylic acids is 1. The second-order valence-corrected chi connectivity index (χ2v) is 6.78. The zero-order chi connectivity index (χ0) is 18.6. The number of aromatic nitrogens is 2. The summed E-state index contributed by atoms with van der Waals surface area (Å²) < 4.78 is 13.3. The van der Waals surface area contributed by atoms with E-state index in [1.54, 1.807) is 24.7 Å². The molecule has 2 aromatic carbocycles. The molecule has 1 saturated heterocycles. The Morgan fingerprint density at radius 3 is 2.67 bits per heavy atom. The first-order chi connectivity index (χ1) is 13.2. The summed E-state index contributed by atoms with van der Waals surface area (Å²) in [5, 5.41) is 0. The first kappa shape index (κ1) is 17.3. The van der Waals surface area contributed by atoms with Crippen molar-refractivity contribution in [2.24, 2.45) is 0 Å². The van der Waals surface area contributed by atoms with E-state index >= 15 is 0 Å². The van der Waals surface area contributed by atoms with E-state index in [9.17, 15) is 9.18 Å². The fourth-order valence-electron chi connectivity index (χ4n) is 3.67. The monoisotopic (exact) mass is 361 g/mol. The SMILES string of the molecule is O=C(c1ccccc1-c1ccc(F)cc1)N1CCC[C@@H](c2ccncn2)C1. The van der Waals surface area contributed by atoms with Gasteiger partial charge in [-0.05, 0) is 48.2 Å². The van der Waals surface area contributed by atoms with Crippen molar-refractivity contribution in [2.75, 3.05) is 13.1 Å². The van der Waals surface area contributed by atoms with Crippen molar-refractivity contribution in [1.29, 1.82) is 0 Å². The number of likely N-dealkylation sites (tertiary alicyclic amines) is 1. The number of halogens is 1. The van der Waals surface area contributed by atoms with E-state index in [0.717, 1.165) is 36.2 Å². The zero-order valence-corrected chi connectivity index (χ0v) is 14.9. The van der Waals surface area contributed by atoms with Crippen molar-refractivity contribution in [1.82, 2.24) is 14.9 Å². The lowest BCUT2D eigenvalue weighted by molar-refractivity contribution is 0.0706. The van der Waals surface area contributed by atoms with Crippen molar-refractivity contribution in [2.45, 2.75) is 18.8 Å². The summed E-state index contributed by atoms with van der Waals surface area (Å²) in [4.78, 5) is 23.5. The van der Waals surface area contributed by atoms with Crippen LogP contribution in [0.25, 0.3) is 11.1 Å². The number of nitrogens with zero attached hydrogens (tertiary/aromatic N) is 3. The third-order valence-corrected chi connectivity index (χ3v) is 5.04. The standard InChI is InChI=1S/C22H20FN3O/c23-18-9-7-16(8-10-18)19-5-1-2-6-20(19)22(27)26-13-3-4-17(14-26)21-11-12-24-15-25-21/h1-2,5-12,15,17H,3-4,13-14H2/t17-/m1/s1. The third kappa shape index (κ3) is 3.72. The summed E-state index contributed by atoms with van der Waals surface area (Å²) >= 11 is 0. The Balaban J connectivity index is 1.60. The van der Waals surface area contributed by atoms with Gasteiger partial charge in [0.05, 0.1) is 0 Å². The summed E-state index contributed by atoms with van der Waals surface area (Å²) in [5.41, 5.74) is 3.29. The minimum atomic E-state index is -0.286. The molecule has 0 saturated carbocycles. The van der Waals surface area contributed by atoms with Gasteiger partial charge in [0.2, 0.25) is 0 Å². The largest absolute Gasteiger partial charge is 0.338 e. The Labute approximate surface area is 157 Å². The Morgan fingerprint density at radius 1 is 1.07 bits per heavy atom. The fourth-order valence-corrected chi connectivity index (χ4v) is 3.67. The first-order valence-electron chi connectivity index (χ1n) is 9.12. The van der Waals surface area contributed by atoms with Crippen LogP contribution < -0.4 is 0 Å². The number of amides is 1. The summed E-state index contributed by atoms with van der Waals surface area (Å²) in [6, 6.07) is 15.7. The molecule has 27 heavy (non-hydrogen) atoms. The number of rotatable bonds is 3. The summed E-state index contributed by atoms with van der Waals surface area (Å²) in [5.74, 6) is -0.0522. The quantitative estimate of drug-likeness (QED) is 0.699. The van der Waals surface area contributed by atoms with Crippen LogP contribution in [0.1, 0.15) is 34.8 Å². The van der Waals surface area contributed by atoms with Gasteiger partial charge in [-0.15, -0.1) is 0 Å². The highest BCUT2D eigenvalue weighted by molar-refractivity contribution is 6.01. The van der Waals surface area contributed by atoms with Crippen LogP contribution >= 0.6 is 0 Å². The smallest absolute Gasteiger partial charge is 0.254 e. The van der Waals surface area contributed by atoms with E-state index in [0.29, 0.717) is 12.1 Å². The molecule has 3 aromatic rings. The molecule has 1 fully saturated rings. The topological polar surface area (TPSA) is 46.1 Å². The molecule has 0 unspecified atom stereocenters. The van der Waals surface area contributed by atoms with Gasteiger partial charge in [-0.2, -0.15) is 0 Å². The van der Waals surface area contributed by atoms with E-state index in [1.165, 1.54) is 12.1 Å². The number of piperidine rings is 1. The summed E-state index contributed by atoms with van der Waals surface area (Å²) in [6.45, 7) is 1.38. The van der Waals surface area contributed by atoms with E-state index in [1.807, 2.05) is 35.2 Å². The van der Waals surface area contributed by atoms with E-state index in [-0.39, 0.29) is 17.6 Å². The fraction of sp³-hybridized carbons (Fsp3) is 0.227. The van der Waals surface area contributed by atoms with Gasteiger partial charge < -0.3 is 4.90 Å². The van der Waals surface area contributed by atoms with Crippen LogP contribution in [0.5, 0.6) is 0 Å². The van der Waals surface area contributed by atoms with Crippen LogP contribution in [0.2, 0.25) is 0 Å². The lowest BCUT2D eigenvalue weighted by Gasteiger charge is -2.33. The number of hydrogen-bond donors (Lipinski definition) is 0. The van der Waals surface area contributed by atoms with Crippen LogP contribution in [0.15, 0.2) is 67.1 Å². The van der Waals surface area contributed by atoms with Crippen LogP contribution in [-0.4, -0.2) is 33.9 Å². The average molecular weight is 361 g/mol. The van der Waals surface area contributed by atoms with Gasteiger partial charge in [-0.1, -0.05) is 30.3 Å². The highest BCUT2D eigenvalue weighted by Crippen LogP contribution is 2.29. The van der Waals surface area contributed by atoms with E-state index in [4.69, 9.17) is 0 Å². The third-order valence-electron chi connectivity index (χ3n) is 5.04. The highest BCUT2D eigenvalue weighted by Gasteiger charge is 2.27. The minimum absolute atomic E-state index is 0.00804. The summed E-state index contributed by atoms with van der Waals surface area (Å²) in [7, 11) is 0. The van der Waals surface area contributed by atoms with Gasteiger partial charge in [-0.3, -0.25) is 4.79 Å². The lowest BCUT2D eigenvalue weighted by atomic mass is 9.93. The van der Waals surface area contributed by atoms with Gasteiger partial charge in [0, 0.05) is 36.5 Å². The van der Waals surface area contributed by atoms with Crippen LogP contribution in [-0.2, 0) is 0 Å². The Kier molecular flexibility index (Phi) is 4.92. The number of carbonyl (C=O) groups is 1. The maximum atomic E-state index is 13.3. The molecule has 1 aliphatic heterocycles. The minimum Gasteiger partial charge on any atom is -0.338 e. The second-order valence-electron chi connectivity index (χ2n) is 6.78. The Morgan fingerprint density at radius 2 is 1.89 bits per heavy atom. The maximum absolute atomic E-state index is 13.3. The molecule has 4 rings (SSSR count). The summed E-state index contributed by atoms with van der Waals surface area (Å²) in [6.07, 6.45) is 5.26. The average Bonchev–Trinajstić information content (AvgIpc) is 2.74. The zero-order valence-electron chi connectivity index (χ0n) is 14.9. The van der Waals surface area contributed by atoms with Gasteiger partial charge in [0.1, 0.15) is 12.1 Å². The Hall–Kier alpha value is -3.08. The van der Waals surface area contributed by atoms with Crippen LogP contribution in [0.4, 0.5) is 4.39 Å². The van der Waals surface area contributed by atoms with Crippen molar-refractivity contribution in [3.05, 3.63) is 84.2 Å². The molecule has 0 radical (unpaired) electrons. The van der Waals surface area contributed by atoms with Crippen molar-refractivity contribution < 1.29 is 9.18 Å². The van der Waals surface area contributed by atoms with Gasteiger partial charge in [0.15, 0.2) is 0 Å². The molecular weight excluding hydrogens is 341 g/mol. The molecule has 1 aromatic heterocycles. The molecule has 4 nitrogen and oxygen atoms in total. The molecule has 1 amide bonds. The van der Waals surface area contributed by atoms with E-state index in [2.05, 4.69) is 9.97 Å². The Bertz CT molecular complexity index is 928. The molecular formula is C22H20FN3O. The van der Waals surface area contributed by atoms with Crippen LogP contribution in [0, 0.1) is 5.82 Å².